The third-order valence-electron chi connectivity index (χ3n) is 4.31. The first-order valence-electron chi connectivity index (χ1n) is 7.93. The van der Waals surface area contributed by atoms with Gasteiger partial charge in [0.1, 0.15) is 11.4 Å². The van der Waals surface area contributed by atoms with Crippen LogP contribution in [0.5, 0.6) is 5.75 Å². The second kappa shape index (κ2) is 7.02. The molecule has 2 N–H and O–H groups in total. The quantitative estimate of drug-likeness (QED) is 0.878. The molecule has 0 saturated carbocycles. The molecule has 1 aromatic carbocycles. The number of aryl methyl sites for hydroxylation is 1. The lowest BCUT2D eigenvalue weighted by Crippen LogP contribution is -2.41. The van der Waals surface area contributed by atoms with Crippen LogP contribution in [0, 0.1) is 6.92 Å². The number of methoxy groups -OCH3 is 1. The standard InChI is InChI=1S/C17H23N3O3/c1-12-14-4-3-13(22-2)11-15(14)19-16(12)17(21)18-5-6-20-7-9-23-10-8-20/h3-4,11,19H,5-10H2,1-2H3,(H,18,21). The molecule has 0 radical (unpaired) electrons. The number of rotatable bonds is 5. The van der Waals surface area contributed by atoms with Crippen LogP contribution in [0.15, 0.2) is 18.2 Å². The smallest absolute Gasteiger partial charge is 0.268 e. The third-order valence-corrected chi connectivity index (χ3v) is 4.31. The Balaban J connectivity index is 1.64. The largest absolute Gasteiger partial charge is 0.497 e. The number of fused-ring (bicyclic) bond motifs is 1. The van der Waals surface area contributed by atoms with Crippen molar-refractivity contribution >= 4 is 16.8 Å². The van der Waals surface area contributed by atoms with Gasteiger partial charge in [0.05, 0.1) is 20.3 Å². The maximum absolute atomic E-state index is 12.4. The topological polar surface area (TPSA) is 66.6 Å². The summed E-state index contributed by atoms with van der Waals surface area (Å²) in [5.41, 5.74) is 2.50. The van der Waals surface area contributed by atoms with Crippen LogP contribution < -0.4 is 10.1 Å². The van der Waals surface area contributed by atoms with Gasteiger partial charge < -0.3 is 19.8 Å². The van der Waals surface area contributed by atoms with Gasteiger partial charge in [0.25, 0.3) is 5.91 Å². The highest BCUT2D eigenvalue weighted by Gasteiger charge is 2.16. The van der Waals surface area contributed by atoms with Gasteiger partial charge in [-0.15, -0.1) is 0 Å². The Morgan fingerprint density at radius 3 is 2.91 bits per heavy atom. The lowest BCUT2D eigenvalue weighted by atomic mass is 10.1. The molecule has 23 heavy (non-hydrogen) atoms. The summed E-state index contributed by atoms with van der Waals surface area (Å²) in [5, 5.41) is 4.04. The molecular formula is C17H23N3O3. The summed E-state index contributed by atoms with van der Waals surface area (Å²) in [6.07, 6.45) is 0. The minimum atomic E-state index is -0.0640. The van der Waals surface area contributed by atoms with Crippen molar-refractivity contribution < 1.29 is 14.3 Å². The van der Waals surface area contributed by atoms with E-state index in [-0.39, 0.29) is 5.91 Å². The first-order valence-corrected chi connectivity index (χ1v) is 7.93. The molecule has 6 heteroatoms. The molecule has 1 fully saturated rings. The number of benzene rings is 1. The molecule has 1 saturated heterocycles. The highest BCUT2D eigenvalue weighted by molar-refractivity contribution is 6.01. The number of nitrogens with zero attached hydrogens (tertiary/aromatic N) is 1. The molecule has 1 aromatic heterocycles. The van der Waals surface area contributed by atoms with Gasteiger partial charge in [0, 0.05) is 43.1 Å². The van der Waals surface area contributed by atoms with E-state index in [1.54, 1.807) is 7.11 Å². The number of hydrogen-bond donors (Lipinski definition) is 2. The molecule has 0 bridgehead atoms. The molecule has 1 aliphatic rings. The van der Waals surface area contributed by atoms with E-state index in [1.165, 1.54) is 0 Å². The predicted molar refractivity (Wildman–Crippen MR) is 89.2 cm³/mol. The number of morpholine rings is 1. The minimum Gasteiger partial charge on any atom is -0.497 e. The molecule has 0 aliphatic carbocycles. The molecule has 2 heterocycles. The number of carbonyl (C=O) groups excluding carboxylic acids is 1. The molecule has 0 atom stereocenters. The Labute approximate surface area is 135 Å². The minimum absolute atomic E-state index is 0.0640. The summed E-state index contributed by atoms with van der Waals surface area (Å²) in [6.45, 7) is 6.86. The molecule has 1 amide bonds. The molecular weight excluding hydrogens is 294 g/mol. The van der Waals surface area contributed by atoms with Gasteiger partial charge in [-0.1, -0.05) is 0 Å². The fourth-order valence-corrected chi connectivity index (χ4v) is 2.91. The Kier molecular flexibility index (Phi) is 4.83. The van der Waals surface area contributed by atoms with E-state index < -0.39 is 0 Å². The number of aromatic nitrogens is 1. The van der Waals surface area contributed by atoms with E-state index in [4.69, 9.17) is 9.47 Å². The normalized spacial score (nSPS) is 15.7. The summed E-state index contributed by atoms with van der Waals surface area (Å²) >= 11 is 0. The van der Waals surface area contributed by atoms with Crippen LogP contribution in [0.1, 0.15) is 16.1 Å². The van der Waals surface area contributed by atoms with Crippen LogP contribution in [0.4, 0.5) is 0 Å². The van der Waals surface area contributed by atoms with Crippen LogP contribution in [-0.4, -0.2) is 62.3 Å². The molecule has 6 nitrogen and oxygen atoms in total. The van der Waals surface area contributed by atoms with Crippen LogP contribution in [0.3, 0.4) is 0 Å². The fourth-order valence-electron chi connectivity index (χ4n) is 2.91. The van der Waals surface area contributed by atoms with Crippen molar-refractivity contribution in [3.05, 3.63) is 29.5 Å². The van der Waals surface area contributed by atoms with E-state index >= 15 is 0 Å². The molecule has 1 aliphatic heterocycles. The Hall–Kier alpha value is -2.05. The second-order valence-electron chi connectivity index (χ2n) is 5.75. The zero-order valence-corrected chi connectivity index (χ0v) is 13.6. The average Bonchev–Trinajstić information content (AvgIpc) is 2.92. The van der Waals surface area contributed by atoms with Crippen molar-refractivity contribution in [1.82, 2.24) is 15.2 Å². The maximum Gasteiger partial charge on any atom is 0.268 e. The number of hydrogen-bond acceptors (Lipinski definition) is 4. The summed E-state index contributed by atoms with van der Waals surface area (Å²) < 4.78 is 10.5. The monoisotopic (exact) mass is 317 g/mol. The van der Waals surface area contributed by atoms with Crippen molar-refractivity contribution in [1.29, 1.82) is 0 Å². The SMILES string of the molecule is COc1ccc2c(C)c(C(=O)NCCN3CCOCC3)[nH]c2c1. The van der Waals surface area contributed by atoms with Gasteiger partial charge in [0.15, 0.2) is 0 Å². The van der Waals surface area contributed by atoms with Crippen molar-refractivity contribution in [2.24, 2.45) is 0 Å². The number of amides is 1. The number of ether oxygens (including phenoxy) is 2. The summed E-state index contributed by atoms with van der Waals surface area (Å²) in [4.78, 5) is 17.9. The van der Waals surface area contributed by atoms with E-state index in [0.29, 0.717) is 12.2 Å². The summed E-state index contributed by atoms with van der Waals surface area (Å²) in [6, 6.07) is 5.79. The third kappa shape index (κ3) is 3.48. The predicted octanol–water partition coefficient (Wildman–Crippen LogP) is 1.55. The Morgan fingerprint density at radius 2 is 2.17 bits per heavy atom. The lowest BCUT2D eigenvalue weighted by molar-refractivity contribution is 0.0383. The Morgan fingerprint density at radius 1 is 1.39 bits per heavy atom. The first kappa shape index (κ1) is 15.8. The molecule has 2 aromatic rings. The zero-order chi connectivity index (χ0) is 16.2. The van der Waals surface area contributed by atoms with Crippen molar-refractivity contribution in [2.75, 3.05) is 46.5 Å². The number of aromatic amines is 1. The Bertz CT molecular complexity index is 690. The van der Waals surface area contributed by atoms with Crippen LogP contribution >= 0.6 is 0 Å². The van der Waals surface area contributed by atoms with E-state index in [2.05, 4.69) is 15.2 Å². The summed E-state index contributed by atoms with van der Waals surface area (Å²) in [5.74, 6) is 0.712. The molecule has 3 rings (SSSR count). The average molecular weight is 317 g/mol. The van der Waals surface area contributed by atoms with Crippen molar-refractivity contribution in [2.45, 2.75) is 6.92 Å². The van der Waals surface area contributed by atoms with Crippen LogP contribution in [0.25, 0.3) is 10.9 Å². The highest BCUT2D eigenvalue weighted by Crippen LogP contribution is 2.25. The van der Waals surface area contributed by atoms with E-state index in [1.807, 2.05) is 25.1 Å². The van der Waals surface area contributed by atoms with Crippen molar-refractivity contribution in [3.63, 3.8) is 0 Å². The van der Waals surface area contributed by atoms with E-state index in [9.17, 15) is 4.79 Å². The van der Waals surface area contributed by atoms with Gasteiger partial charge in [-0.05, 0) is 24.6 Å². The van der Waals surface area contributed by atoms with Gasteiger partial charge in [0.2, 0.25) is 0 Å². The fraction of sp³-hybridized carbons (Fsp3) is 0.471. The van der Waals surface area contributed by atoms with Crippen LogP contribution in [-0.2, 0) is 4.74 Å². The van der Waals surface area contributed by atoms with Gasteiger partial charge in [-0.25, -0.2) is 0 Å². The highest BCUT2D eigenvalue weighted by atomic mass is 16.5. The number of nitrogens with one attached hydrogen (secondary N) is 2. The number of H-pyrrole nitrogens is 1. The van der Waals surface area contributed by atoms with Gasteiger partial charge >= 0.3 is 0 Å². The zero-order valence-electron chi connectivity index (χ0n) is 13.6. The lowest BCUT2D eigenvalue weighted by Gasteiger charge is -2.26. The molecule has 124 valence electrons. The molecule has 0 unspecified atom stereocenters. The van der Waals surface area contributed by atoms with E-state index in [0.717, 1.165) is 55.1 Å². The van der Waals surface area contributed by atoms with Gasteiger partial charge in [-0.2, -0.15) is 0 Å². The summed E-state index contributed by atoms with van der Waals surface area (Å²) in [7, 11) is 1.64. The van der Waals surface area contributed by atoms with Crippen LogP contribution in [0.2, 0.25) is 0 Å². The molecule has 0 spiro atoms. The maximum atomic E-state index is 12.4. The van der Waals surface area contributed by atoms with Crippen molar-refractivity contribution in [3.8, 4) is 5.75 Å². The van der Waals surface area contributed by atoms with Gasteiger partial charge in [-0.3, -0.25) is 9.69 Å². The second-order valence-corrected chi connectivity index (χ2v) is 5.75. The number of carbonyl (C=O) groups is 1. The first-order chi connectivity index (χ1) is 11.2.